The summed E-state index contributed by atoms with van der Waals surface area (Å²) in [6.45, 7) is 4.07. The van der Waals surface area contributed by atoms with E-state index in [4.69, 9.17) is 9.47 Å². The van der Waals surface area contributed by atoms with Gasteiger partial charge in [-0.15, -0.1) is 0 Å². The van der Waals surface area contributed by atoms with Crippen LogP contribution in [0.1, 0.15) is 11.3 Å². The van der Waals surface area contributed by atoms with Gasteiger partial charge in [0.15, 0.2) is 0 Å². The first kappa shape index (κ1) is 19.9. The molecule has 0 aliphatic heterocycles. The van der Waals surface area contributed by atoms with E-state index in [1.54, 1.807) is 14.2 Å². The SMILES string of the molecule is COc1ccc2c(c1)[nH]c1c(C)cncc12.COc1ccc2c(c1)[nH]c1c(C)nccc12. The number of fused-ring (bicyclic) bond motifs is 6. The fourth-order valence-electron chi connectivity index (χ4n) is 4.13. The molecule has 6 nitrogen and oxygen atoms in total. The van der Waals surface area contributed by atoms with E-state index in [1.165, 1.54) is 16.2 Å². The highest BCUT2D eigenvalue weighted by atomic mass is 16.5. The van der Waals surface area contributed by atoms with Gasteiger partial charge in [-0.25, -0.2) is 0 Å². The lowest BCUT2D eigenvalue weighted by Gasteiger charge is -1.98. The monoisotopic (exact) mass is 424 g/mol. The van der Waals surface area contributed by atoms with E-state index in [1.807, 2.05) is 55.8 Å². The van der Waals surface area contributed by atoms with E-state index in [0.29, 0.717) is 0 Å². The molecule has 2 aromatic carbocycles. The Bertz CT molecular complexity index is 1460. The summed E-state index contributed by atoms with van der Waals surface area (Å²) in [6.07, 6.45) is 5.61. The third-order valence-electron chi connectivity index (χ3n) is 5.83. The Morgan fingerprint density at radius 3 is 1.97 bits per heavy atom. The molecule has 0 saturated heterocycles. The van der Waals surface area contributed by atoms with Crippen molar-refractivity contribution in [2.45, 2.75) is 13.8 Å². The fraction of sp³-hybridized carbons (Fsp3) is 0.154. The van der Waals surface area contributed by atoms with Crippen molar-refractivity contribution in [1.82, 2.24) is 19.9 Å². The van der Waals surface area contributed by atoms with Gasteiger partial charge in [0.1, 0.15) is 11.5 Å². The van der Waals surface area contributed by atoms with Gasteiger partial charge in [-0.1, -0.05) is 0 Å². The van der Waals surface area contributed by atoms with Crippen molar-refractivity contribution in [3.8, 4) is 11.5 Å². The number of nitrogens with one attached hydrogen (secondary N) is 2. The molecule has 4 aromatic heterocycles. The summed E-state index contributed by atoms with van der Waals surface area (Å²) in [5, 5.41) is 4.77. The van der Waals surface area contributed by atoms with Crippen LogP contribution in [0, 0.1) is 13.8 Å². The van der Waals surface area contributed by atoms with Crippen LogP contribution in [0.2, 0.25) is 0 Å². The van der Waals surface area contributed by atoms with Crippen LogP contribution in [0.25, 0.3) is 43.6 Å². The molecule has 0 aliphatic carbocycles. The van der Waals surface area contributed by atoms with E-state index >= 15 is 0 Å². The van der Waals surface area contributed by atoms with Gasteiger partial charge >= 0.3 is 0 Å². The summed E-state index contributed by atoms with van der Waals surface area (Å²) >= 11 is 0. The minimum atomic E-state index is 0.865. The highest BCUT2D eigenvalue weighted by molar-refractivity contribution is 6.08. The summed E-state index contributed by atoms with van der Waals surface area (Å²) in [4.78, 5) is 15.3. The highest BCUT2D eigenvalue weighted by Gasteiger charge is 2.08. The van der Waals surface area contributed by atoms with Crippen LogP contribution in [-0.2, 0) is 0 Å². The Hall–Kier alpha value is -4.06. The zero-order valence-corrected chi connectivity index (χ0v) is 18.5. The average Bonchev–Trinajstić information content (AvgIpc) is 3.38. The lowest BCUT2D eigenvalue weighted by molar-refractivity contribution is 0.415. The number of hydrogen-bond donors (Lipinski definition) is 2. The summed E-state index contributed by atoms with van der Waals surface area (Å²) in [5.74, 6) is 1.73. The van der Waals surface area contributed by atoms with Crippen molar-refractivity contribution >= 4 is 43.6 Å². The molecule has 160 valence electrons. The summed E-state index contributed by atoms with van der Waals surface area (Å²) in [6, 6.07) is 14.1. The first-order chi connectivity index (χ1) is 15.6. The zero-order chi connectivity index (χ0) is 22.2. The zero-order valence-electron chi connectivity index (χ0n) is 18.5. The van der Waals surface area contributed by atoms with E-state index in [-0.39, 0.29) is 0 Å². The number of nitrogens with zero attached hydrogens (tertiary/aromatic N) is 2. The van der Waals surface area contributed by atoms with Crippen molar-refractivity contribution < 1.29 is 9.47 Å². The molecule has 6 heteroatoms. The molecule has 0 fully saturated rings. The van der Waals surface area contributed by atoms with Crippen LogP contribution in [0.4, 0.5) is 0 Å². The fourth-order valence-corrected chi connectivity index (χ4v) is 4.13. The Morgan fingerprint density at radius 1 is 0.688 bits per heavy atom. The van der Waals surface area contributed by atoms with Crippen molar-refractivity contribution in [1.29, 1.82) is 0 Å². The van der Waals surface area contributed by atoms with Gasteiger partial charge in [0.05, 0.1) is 42.0 Å². The Kier molecular flexibility index (Phi) is 4.90. The third-order valence-corrected chi connectivity index (χ3v) is 5.83. The Labute approximate surface area is 185 Å². The van der Waals surface area contributed by atoms with Gasteiger partial charge in [0.2, 0.25) is 0 Å². The molecule has 0 unspecified atom stereocenters. The number of benzene rings is 2. The van der Waals surface area contributed by atoms with Gasteiger partial charge in [-0.05, 0) is 49.7 Å². The molecule has 0 bridgehead atoms. The predicted molar refractivity (Wildman–Crippen MR) is 130 cm³/mol. The molecule has 0 spiro atoms. The maximum atomic E-state index is 5.21. The molecule has 4 heterocycles. The Morgan fingerprint density at radius 2 is 1.31 bits per heavy atom. The number of aryl methyl sites for hydroxylation is 2. The molecule has 6 rings (SSSR count). The second kappa shape index (κ2) is 7.89. The second-order valence-corrected chi connectivity index (χ2v) is 7.77. The third kappa shape index (κ3) is 3.30. The molecule has 0 radical (unpaired) electrons. The molecule has 0 aliphatic rings. The molecule has 0 atom stereocenters. The Balaban J connectivity index is 0.000000135. The molecular weight excluding hydrogens is 400 g/mol. The van der Waals surface area contributed by atoms with Gasteiger partial charge in [0.25, 0.3) is 0 Å². The summed E-state index contributed by atoms with van der Waals surface area (Å²) in [5.41, 5.74) is 6.61. The van der Waals surface area contributed by atoms with E-state index in [0.717, 1.165) is 50.2 Å². The molecule has 6 aromatic rings. The summed E-state index contributed by atoms with van der Waals surface area (Å²) < 4.78 is 10.4. The molecule has 32 heavy (non-hydrogen) atoms. The van der Waals surface area contributed by atoms with Crippen LogP contribution >= 0.6 is 0 Å². The molecule has 0 saturated carbocycles. The number of hydrogen-bond acceptors (Lipinski definition) is 4. The van der Waals surface area contributed by atoms with Crippen molar-refractivity contribution in [3.63, 3.8) is 0 Å². The van der Waals surface area contributed by atoms with Crippen molar-refractivity contribution in [2.24, 2.45) is 0 Å². The summed E-state index contributed by atoms with van der Waals surface area (Å²) in [7, 11) is 3.35. The van der Waals surface area contributed by atoms with E-state index < -0.39 is 0 Å². The number of ether oxygens (including phenoxy) is 2. The van der Waals surface area contributed by atoms with Crippen LogP contribution in [0.5, 0.6) is 11.5 Å². The van der Waals surface area contributed by atoms with E-state index in [2.05, 4.69) is 39.0 Å². The van der Waals surface area contributed by atoms with Crippen molar-refractivity contribution in [2.75, 3.05) is 14.2 Å². The van der Waals surface area contributed by atoms with Gasteiger partial charge in [0, 0.05) is 52.3 Å². The first-order valence-corrected chi connectivity index (χ1v) is 10.4. The van der Waals surface area contributed by atoms with Crippen LogP contribution in [-0.4, -0.2) is 34.2 Å². The maximum absolute atomic E-state index is 5.21. The second-order valence-electron chi connectivity index (χ2n) is 7.77. The van der Waals surface area contributed by atoms with Gasteiger partial charge < -0.3 is 19.4 Å². The topological polar surface area (TPSA) is 75.8 Å². The highest BCUT2D eigenvalue weighted by Crippen LogP contribution is 2.30. The number of aromatic nitrogens is 4. The number of methoxy groups -OCH3 is 2. The van der Waals surface area contributed by atoms with Gasteiger partial charge in [-0.2, -0.15) is 0 Å². The van der Waals surface area contributed by atoms with E-state index in [9.17, 15) is 0 Å². The lowest BCUT2D eigenvalue weighted by Crippen LogP contribution is -1.80. The van der Waals surface area contributed by atoms with Crippen LogP contribution in [0.3, 0.4) is 0 Å². The lowest BCUT2D eigenvalue weighted by atomic mass is 10.1. The largest absolute Gasteiger partial charge is 0.497 e. The van der Waals surface area contributed by atoms with Gasteiger partial charge in [-0.3, -0.25) is 9.97 Å². The number of H-pyrrole nitrogens is 2. The van der Waals surface area contributed by atoms with Crippen molar-refractivity contribution in [3.05, 3.63) is 72.3 Å². The molecule has 0 amide bonds. The van der Waals surface area contributed by atoms with Crippen LogP contribution in [0.15, 0.2) is 61.1 Å². The first-order valence-electron chi connectivity index (χ1n) is 10.4. The minimum absolute atomic E-state index is 0.865. The quantitative estimate of drug-likeness (QED) is 0.354. The standard InChI is InChI=1S/2C13H12N2O/c1-8-6-14-7-11-10-4-3-9(16-2)5-12(10)15-13(8)11;1-8-13-11(5-6-14-8)10-4-3-9(16-2)7-12(10)15-13/h2*3-7,15H,1-2H3. The smallest absolute Gasteiger partial charge is 0.120 e. The molecule has 2 N–H and O–H groups in total. The normalized spacial score (nSPS) is 11.1. The average molecular weight is 425 g/mol. The minimum Gasteiger partial charge on any atom is -0.497 e. The number of rotatable bonds is 2. The maximum Gasteiger partial charge on any atom is 0.120 e. The van der Waals surface area contributed by atoms with Crippen LogP contribution < -0.4 is 9.47 Å². The predicted octanol–water partition coefficient (Wildman–Crippen LogP) is 6.07. The number of pyridine rings is 2. The molecular formula is C26H24N4O2. The number of aromatic amines is 2.